The van der Waals surface area contributed by atoms with Crippen molar-refractivity contribution in [2.45, 2.75) is 6.92 Å². The molecule has 2 nitrogen and oxygen atoms in total. The van der Waals surface area contributed by atoms with Crippen LogP contribution in [-0.2, 0) is 0 Å². The number of nitrogens with one attached hydrogen (secondary N) is 1. The zero-order chi connectivity index (χ0) is 10.4. The first-order valence-electron chi connectivity index (χ1n) is 4.14. The Balaban J connectivity index is 0.000000293. The Kier molecular flexibility index (Phi) is 3.92. The van der Waals surface area contributed by atoms with E-state index in [9.17, 15) is 0 Å². The number of pyridine rings is 1. The van der Waals surface area contributed by atoms with E-state index in [1.165, 1.54) is 10.9 Å². The Hall–Kier alpha value is -1.57. The Morgan fingerprint density at radius 1 is 1.29 bits per heavy atom. The molecule has 0 atom stereocenters. The fourth-order valence-corrected chi connectivity index (χ4v) is 1.26. The highest BCUT2D eigenvalue weighted by atomic mass is 32.1. The maximum atomic E-state index is 5.77. The summed E-state index contributed by atoms with van der Waals surface area (Å²) in [7, 11) is 0. The number of nitrogens with zero attached hydrogens (tertiary/aromatic N) is 1. The molecule has 0 bridgehead atoms. The third-order valence-corrected chi connectivity index (χ3v) is 1.83. The molecule has 0 fully saturated rings. The highest BCUT2D eigenvalue weighted by Gasteiger charge is 1.93. The van der Waals surface area contributed by atoms with E-state index < -0.39 is 0 Å². The lowest BCUT2D eigenvalue weighted by atomic mass is 10.1. The predicted octanol–water partition coefficient (Wildman–Crippen LogP) is 3.21. The molecule has 70 valence electrons. The van der Waals surface area contributed by atoms with Crippen molar-refractivity contribution in [3.8, 4) is 0 Å². The Morgan fingerprint density at radius 2 is 1.93 bits per heavy atom. The van der Waals surface area contributed by atoms with Gasteiger partial charge in [0.05, 0.1) is 10.7 Å². The summed E-state index contributed by atoms with van der Waals surface area (Å²) in [6.45, 7) is 2.08. The Labute approximate surface area is 88.1 Å². The number of aryl methyl sites for hydroxylation is 1. The molecule has 1 aromatic heterocycles. The summed E-state index contributed by atoms with van der Waals surface area (Å²) in [6.07, 6.45) is 1.83. The molecule has 2 rings (SSSR count). The molecule has 14 heavy (non-hydrogen) atoms. The van der Waals surface area contributed by atoms with Crippen molar-refractivity contribution in [2.75, 3.05) is 0 Å². The molecule has 0 aliphatic rings. The predicted molar refractivity (Wildman–Crippen MR) is 61.8 cm³/mol. The second-order valence-electron chi connectivity index (χ2n) is 2.75. The van der Waals surface area contributed by atoms with Crippen molar-refractivity contribution in [1.82, 2.24) is 4.98 Å². The van der Waals surface area contributed by atoms with E-state index in [0.717, 1.165) is 5.52 Å². The highest BCUT2D eigenvalue weighted by molar-refractivity contribution is 7.78. The molecule has 0 unspecified atom stereocenters. The molecule has 0 aliphatic heterocycles. The van der Waals surface area contributed by atoms with Crippen molar-refractivity contribution < 1.29 is 0 Å². The molecular formula is C11H10N2S. The van der Waals surface area contributed by atoms with Gasteiger partial charge >= 0.3 is 0 Å². The van der Waals surface area contributed by atoms with Gasteiger partial charge in [0.1, 0.15) is 0 Å². The molecule has 1 aromatic carbocycles. The van der Waals surface area contributed by atoms with E-state index >= 15 is 0 Å². The van der Waals surface area contributed by atoms with Crippen LogP contribution in [0.5, 0.6) is 0 Å². The smallest absolute Gasteiger partial charge is 0.0731 e. The first-order valence-corrected chi connectivity index (χ1v) is 4.54. The van der Waals surface area contributed by atoms with Crippen molar-refractivity contribution in [3.05, 3.63) is 42.1 Å². The molecule has 1 heterocycles. The second kappa shape index (κ2) is 5.22. The number of rotatable bonds is 0. The van der Waals surface area contributed by atoms with Crippen LogP contribution in [0.2, 0.25) is 0 Å². The van der Waals surface area contributed by atoms with Gasteiger partial charge in [0.2, 0.25) is 0 Å². The second-order valence-corrected chi connectivity index (χ2v) is 2.96. The van der Waals surface area contributed by atoms with E-state index in [4.69, 9.17) is 5.41 Å². The van der Waals surface area contributed by atoms with Crippen molar-refractivity contribution >= 4 is 28.3 Å². The third-order valence-electron chi connectivity index (χ3n) is 1.83. The van der Waals surface area contributed by atoms with E-state index in [2.05, 4.69) is 48.4 Å². The lowest BCUT2D eigenvalue weighted by Crippen LogP contribution is -1.80. The average Bonchev–Trinajstić information content (AvgIpc) is 2.20. The summed E-state index contributed by atoms with van der Waals surface area (Å²) in [5, 5.41) is 8.57. The van der Waals surface area contributed by atoms with Gasteiger partial charge in [-0.05, 0) is 30.8 Å². The molecule has 0 saturated carbocycles. The van der Waals surface area contributed by atoms with Gasteiger partial charge in [-0.2, -0.15) is 0 Å². The number of isothiocyanates is 1. The van der Waals surface area contributed by atoms with Gasteiger partial charge in [0.25, 0.3) is 0 Å². The molecule has 0 aliphatic carbocycles. The van der Waals surface area contributed by atoms with Crippen LogP contribution >= 0.6 is 12.2 Å². The molecule has 0 spiro atoms. The van der Waals surface area contributed by atoms with Crippen molar-refractivity contribution in [3.63, 3.8) is 0 Å². The lowest BCUT2D eigenvalue weighted by Gasteiger charge is -1.97. The van der Waals surface area contributed by atoms with Crippen LogP contribution in [-0.4, -0.2) is 10.1 Å². The maximum Gasteiger partial charge on any atom is 0.0731 e. The lowest BCUT2D eigenvalue weighted by molar-refractivity contribution is 1.37. The summed E-state index contributed by atoms with van der Waals surface area (Å²) in [5.74, 6) is 0. The van der Waals surface area contributed by atoms with Crippen molar-refractivity contribution in [2.24, 2.45) is 0 Å². The number of benzene rings is 1. The van der Waals surface area contributed by atoms with Crippen LogP contribution in [0.3, 0.4) is 0 Å². The van der Waals surface area contributed by atoms with Gasteiger partial charge in [-0.25, -0.2) is 5.41 Å². The topological polar surface area (TPSA) is 36.7 Å². The number of aromatic nitrogens is 1. The largest absolute Gasteiger partial charge is 0.256 e. The summed E-state index contributed by atoms with van der Waals surface area (Å²) in [4.78, 5) is 4.28. The minimum atomic E-state index is 1.11. The molecule has 0 amide bonds. The zero-order valence-electron chi connectivity index (χ0n) is 7.82. The minimum Gasteiger partial charge on any atom is -0.256 e. The van der Waals surface area contributed by atoms with E-state index in [1.54, 1.807) is 5.16 Å². The van der Waals surface area contributed by atoms with Crippen LogP contribution in [0.15, 0.2) is 36.5 Å². The summed E-state index contributed by atoms with van der Waals surface area (Å²) >= 11 is 3.81. The summed E-state index contributed by atoms with van der Waals surface area (Å²) in [5.41, 5.74) is 2.35. The average molecular weight is 202 g/mol. The quantitative estimate of drug-likeness (QED) is 0.526. The van der Waals surface area contributed by atoms with Gasteiger partial charge < -0.3 is 0 Å². The summed E-state index contributed by atoms with van der Waals surface area (Å²) in [6, 6.07) is 10.3. The fraction of sp³-hybridized carbons (Fsp3) is 0.0909. The van der Waals surface area contributed by atoms with E-state index in [0.29, 0.717) is 0 Å². The molecule has 1 N–H and O–H groups in total. The van der Waals surface area contributed by atoms with Gasteiger partial charge in [-0.1, -0.05) is 24.3 Å². The fourth-order valence-electron chi connectivity index (χ4n) is 1.26. The third kappa shape index (κ3) is 2.46. The van der Waals surface area contributed by atoms with Crippen LogP contribution in [0.4, 0.5) is 0 Å². The van der Waals surface area contributed by atoms with Gasteiger partial charge in [-0.15, -0.1) is 0 Å². The number of thiocarbonyl (C=S) groups is 1. The maximum absolute atomic E-state index is 5.77. The molecular weight excluding hydrogens is 192 g/mol. The van der Waals surface area contributed by atoms with Crippen LogP contribution in [0.1, 0.15) is 5.56 Å². The standard InChI is InChI=1S/C10H9N.CHNS/c1-8-4-2-5-9-6-3-7-11-10(8)9;2-1-3/h2-7H,1H3;2H. The molecule has 2 aromatic rings. The first kappa shape index (κ1) is 10.5. The number of hydrogen-bond donors (Lipinski definition) is 1. The van der Waals surface area contributed by atoms with Crippen molar-refractivity contribution in [1.29, 1.82) is 5.41 Å². The number of fused-ring (bicyclic) bond motifs is 1. The monoisotopic (exact) mass is 202 g/mol. The first-order chi connectivity index (χ1) is 6.79. The SMILES string of the molecule is Cc1cccc2cccnc12.N=C=S. The zero-order valence-corrected chi connectivity index (χ0v) is 8.64. The Morgan fingerprint density at radius 3 is 2.57 bits per heavy atom. The van der Waals surface area contributed by atoms with Gasteiger partial charge in [0.15, 0.2) is 0 Å². The molecule has 0 saturated heterocycles. The van der Waals surface area contributed by atoms with Crippen LogP contribution in [0.25, 0.3) is 10.9 Å². The molecule has 0 radical (unpaired) electrons. The summed E-state index contributed by atoms with van der Waals surface area (Å²) < 4.78 is 0. The minimum absolute atomic E-state index is 1.11. The van der Waals surface area contributed by atoms with Gasteiger partial charge in [-0.3, -0.25) is 4.98 Å². The van der Waals surface area contributed by atoms with E-state index in [-0.39, 0.29) is 0 Å². The normalized spacial score (nSPS) is 8.64. The highest BCUT2D eigenvalue weighted by Crippen LogP contribution is 2.13. The molecule has 3 heteroatoms. The van der Waals surface area contributed by atoms with E-state index in [1.807, 2.05) is 12.3 Å². The number of hydrogen-bond acceptors (Lipinski definition) is 3. The van der Waals surface area contributed by atoms with Crippen LogP contribution < -0.4 is 0 Å². The number of para-hydroxylation sites is 1. The van der Waals surface area contributed by atoms with Gasteiger partial charge in [0, 0.05) is 11.6 Å². The Bertz CT molecular complexity index is 454. The van der Waals surface area contributed by atoms with Crippen LogP contribution in [0, 0.1) is 12.3 Å².